The number of hydrogen-bond donors (Lipinski definition) is 2. The molecule has 0 aliphatic heterocycles. The van der Waals surface area contributed by atoms with Gasteiger partial charge in [0, 0.05) is 23.9 Å². The van der Waals surface area contributed by atoms with Crippen molar-refractivity contribution in [1.29, 1.82) is 0 Å². The van der Waals surface area contributed by atoms with Gasteiger partial charge in [0.1, 0.15) is 5.69 Å². The van der Waals surface area contributed by atoms with Gasteiger partial charge < -0.3 is 10.6 Å². The van der Waals surface area contributed by atoms with E-state index in [-0.39, 0.29) is 11.3 Å². The number of nitrogens with one attached hydrogen (secondary N) is 2. The Morgan fingerprint density at radius 1 is 1.35 bits per heavy atom. The molecule has 0 aliphatic carbocycles. The number of pyridine rings is 1. The number of rotatable bonds is 5. The minimum atomic E-state index is -0.141. The molecule has 2 N–H and O–H groups in total. The van der Waals surface area contributed by atoms with Crippen molar-refractivity contribution in [2.45, 2.75) is 19.3 Å². The lowest BCUT2D eigenvalue weighted by atomic mass is 9.91. The third-order valence-corrected chi connectivity index (χ3v) is 4.40. The largest absolute Gasteiger partial charge is 0.387 e. The summed E-state index contributed by atoms with van der Waals surface area (Å²) in [6.45, 7) is 4.83. The molecule has 0 unspecified atom stereocenters. The summed E-state index contributed by atoms with van der Waals surface area (Å²) in [5, 5.41) is 7.98. The van der Waals surface area contributed by atoms with Crippen LogP contribution in [0.15, 0.2) is 35.8 Å². The average Bonchev–Trinajstić information content (AvgIpc) is 3.00. The van der Waals surface area contributed by atoms with Gasteiger partial charge in [0.05, 0.1) is 11.9 Å². The molecule has 0 radical (unpaired) electrons. The zero-order valence-corrected chi connectivity index (χ0v) is 12.8. The second-order valence-corrected chi connectivity index (χ2v) is 6.17. The first-order chi connectivity index (χ1) is 9.53. The van der Waals surface area contributed by atoms with E-state index in [0.717, 1.165) is 5.69 Å². The Hall–Kier alpha value is -1.88. The van der Waals surface area contributed by atoms with E-state index in [1.54, 1.807) is 23.6 Å². The van der Waals surface area contributed by atoms with Gasteiger partial charge in [-0.2, -0.15) is 0 Å². The van der Waals surface area contributed by atoms with Crippen LogP contribution in [0.5, 0.6) is 0 Å². The lowest BCUT2D eigenvalue weighted by molar-refractivity contribution is 0.0941. The molecule has 0 saturated carbocycles. The molecule has 2 heterocycles. The second kappa shape index (κ2) is 6.05. The summed E-state index contributed by atoms with van der Waals surface area (Å²) in [6, 6.07) is 7.68. The number of carbonyl (C=O) groups is 1. The summed E-state index contributed by atoms with van der Waals surface area (Å²) in [4.78, 5) is 17.5. The number of thiophene rings is 1. The van der Waals surface area contributed by atoms with Crippen molar-refractivity contribution in [3.63, 3.8) is 0 Å². The third kappa shape index (κ3) is 3.36. The molecule has 2 rings (SSSR count). The fraction of sp³-hybridized carbons (Fsp3) is 0.333. The maximum absolute atomic E-state index is 12.1. The fourth-order valence-corrected chi connectivity index (χ4v) is 2.67. The van der Waals surface area contributed by atoms with Crippen LogP contribution in [-0.2, 0) is 5.41 Å². The quantitative estimate of drug-likeness (QED) is 0.890. The first-order valence-corrected chi connectivity index (χ1v) is 7.37. The molecule has 5 heteroatoms. The molecule has 0 bridgehead atoms. The molecule has 106 valence electrons. The fourth-order valence-electron chi connectivity index (χ4n) is 1.82. The van der Waals surface area contributed by atoms with Gasteiger partial charge in [-0.25, -0.2) is 4.98 Å². The van der Waals surface area contributed by atoms with E-state index in [1.165, 1.54) is 4.88 Å². The lowest BCUT2D eigenvalue weighted by Gasteiger charge is -2.23. The zero-order valence-electron chi connectivity index (χ0n) is 11.9. The van der Waals surface area contributed by atoms with Crippen LogP contribution in [0.1, 0.15) is 29.2 Å². The number of amides is 1. The molecule has 20 heavy (non-hydrogen) atoms. The van der Waals surface area contributed by atoms with E-state index >= 15 is 0 Å². The predicted octanol–water partition coefficient (Wildman–Crippen LogP) is 2.89. The van der Waals surface area contributed by atoms with Crippen LogP contribution in [-0.4, -0.2) is 24.5 Å². The number of aromatic nitrogens is 1. The van der Waals surface area contributed by atoms with E-state index in [1.807, 2.05) is 19.2 Å². The minimum Gasteiger partial charge on any atom is -0.387 e. The van der Waals surface area contributed by atoms with E-state index in [0.29, 0.717) is 12.2 Å². The van der Waals surface area contributed by atoms with E-state index in [9.17, 15) is 4.79 Å². The number of nitrogens with zero attached hydrogens (tertiary/aromatic N) is 1. The smallest absolute Gasteiger partial charge is 0.269 e. The van der Waals surface area contributed by atoms with E-state index in [2.05, 4.69) is 40.9 Å². The van der Waals surface area contributed by atoms with Crippen molar-refractivity contribution in [1.82, 2.24) is 10.3 Å². The van der Waals surface area contributed by atoms with E-state index in [4.69, 9.17) is 0 Å². The van der Waals surface area contributed by atoms with Gasteiger partial charge in [-0.1, -0.05) is 19.9 Å². The Balaban J connectivity index is 1.98. The molecule has 0 fully saturated rings. The molecular formula is C15H19N3OS. The van der Waals surface area contributed by atoms with Gasteiger partial charge in [-0.3, -0.25) is 4.79 Å². The highest BCUT2D eigenvalue weighted by molar-refractivity contribution is 7.10. The highest BCUT2D eigenvalue weighted by Crippen LogP contribution is 2.26. The number of anilines is 1. The molecule has 4 nitrogen and oxygen atoms in total. The Morgan fingerprint density at radius 2 is 2.15 bits per heavy atom. The van der Waals surface area contributed by atoms with Crippen molar-refractivity contribution in [3.8, 4) is 0 Å². The van der Waals surface area contributed by atoms with Crippen molar-refractivity contribution in [2.24, 2.45) is 0 Å². The maximum Gasteiger partial charge on any atom is 0.269 e. The molecule has 0 saturated heterocycles. The molecule has 0 atom stereocenters. The summed E-state index contributed by atoms with van der Waals surface area (Å²) < 4.78 is 0. The van der Waals surface area contributed by atoms with Crippen LogP contribution >= 0.6 is 11.3 Å². The normalized spacial score (nSPS) is 11.2. The zero-order chi connectivity index (χ0) is 14.6. The topological polar surface area (TPSA) is 54.0 Å². The molecule has 1 amide bonds. The molecular weight excluding hydrogens is 270 g/mol. The van der Waals surface area contributed by atoms with Crippen molar-refractivity contribution in [3.05, 3.63) is 46.4 Å². The Morgan fingerprint density at radius 3 is 2.70 bits per heavy atom. The highest BCUT2D eigenvalue weighted by atomic mass is 32.1. The minimum absolute atomic E-state index is 0.0747. The van der Waals surface area contributed by atoms with Crippen molar-refractivity contribution in [2.75, 3.05) is 18.9 Å². The van der Waals surface area contributed by atoms with Gasteiger partial charge >= 0.3 is 0 Å². The van der Waals surface area contributed by atoms with Crippen LogP contribution in [0, 0.1) is 0 Å². The lowest BCUT2D eigenvalue weighted by Crippen LogP contribution is -2.36. The Bertz CT molecular complexity index is 561. The predicted molar refractivity (Wildman–Crippen MR) is 83.5 cm³/mol. The van der Waals surface area contributed by atoms with Gasteiger partial charge in [-0.05, 0) is 23.6 Å². The van der Waals surface area contributed by atoms with Crippen molar-refractivity contribution >= 4 is 22.9 Å². The number of hydrogen-bond acceptors (Lipinski definition) is 4. The Labute approximate surface area is 123 Å². The van der Waals surface area contributed by atoms with Crippen LogP contribution in [0.4, 0.5) is 5.69 Å². The highest BCUT2D eigenvalue weighted by Gasteiger charge is 2.22. The maximum atomic E-state index is 12.1. The molecule has 2 aromatic heterocycles. The Kier molecular flexibility index (Phi) is 4.39. The van der Waals surface area contributed by atoms with Crippen LogP contribution < -0.4 is 10.6 Å². The average molecular weight is 289 g/mol. The van der Waals surface area contributed by atoms with Crippen LogP contribution in [0.2, 0.25) is 0 Å². The molecule has 0 aromatic carbocycles. The van der Waals surface area contributed by atoms with Gasteiger partial charge in [0.2, 0.25) is 0 Å². The van der Waals surface area contributed by atoms with Gasteiger partial charge in [0.25, 0.3) is 5.91 Å². The monoisotopic (exact) mass is 289 g/mol. The summed E-state index contributed by atoms with van der Waals surface area (Å²) in [7, 11) is 1.82. The molecule has 0 spiro atoms. The standard InChI is InChI=1S/C15H19N3OS/c1-15(2,13-5-4-8-20-13)10-18-14(19)12-7-6-11(16-3)9-17-12/h4-9,16H,10H2,1-3H3,(H,18,19). The first-order valence-electron chi connectivity index (χ1n) is 6.49. The summed E-state index contributed by atoms with van der Waals surface area (Å²) in [5.74, 6) is -0.141. The van der Waals surface area contributed by atoms with Gasteiger partial charge in [0.15, 0.2) is 0 Å². The third-order valence-electron chi connectivity index (χ3n) is 3.16. The van der Waals surface area contributed by atoms with E-state index < -0.39 is 0 Å². The SMILES string of the molecule is CNc1ccc(C(=O)NCC(C)(C)c2cccs2)nc1. The summed E-state index contributed by atoms with van der Waals surface area (Å²) >= 11 is 1.71. The van der Waals surface area contributed by atoms with Crippen molar-refractivity contribution < 1.29 is 4.79 Å². The summed E-state index contributed by atoms with van der Waals surface area (Å²) in [6.07, 6.45) is 1.65. The number of carbonyl (C=O) groups excluding carboxylic acids is 1. The van der Waals surface area contributed by atoms with Gasteiger partial charge in [-0.15, -0.1) is 11.3 Å². The second-order valence-electron chi connectivity index (χ2n) is 5.23. The van der Waals surface area contributed by atoms with Crippen LogP contribution in [0.3, 0.4) is 0 Å². The molecule has 2 aromatic rings. The molecule has 0 aliphatic rings. The summed E-state index contributed by atoms with van der Waals surface area (Å²) in [5.41, 5.74) is 1.25. The first kappa shape index (κ1) is 14.5. The van der Waals surface area contributed by atoms with Crippen LogP contribution in [0.25, 0.3) is 0 Å².